The van der Waals surface area contributed by atoms with Gasteiger partial charge in [-0.2, -0.15) is 0 Å². The molecule has 0 aliphatic carbocycles. The molecule has 6 heteroatoms. The molecule has 2 aliphatic rings. The number of carbonyl (C=O) groups excluding carboxylic acids is 1. The van der Waals surface area contributed by atoms with Crippen molar-refractivity contribution in [2.45, 2.75) is 26.2 Å². The van der Waals surface area contributed by atoms with Crippen LogP contribution < -0.4 is 10.6 Å². The third-order valence-electron chi connectivity index (χ3n) is 5.21. The van der Waals surface area contributed by atoms with Gasteiger partial charge in [0.25, 0.3) is 0 Å². The van der Waals surface area contributed by atoms with Gasteiger partial charge in [0.2, 0.25) is 5.91 Å². The summed E-state index contributed by atoms with van der Waals surface area (Å²) in [5, 5.41) is 7.38. The summed E-state index contributed by atoms with van der Waals surface area (Å²) >= 11 is 11.9. The zero-order valence-electron chi connectivity index (χ0n) is 14.1. The highest BCUT2D eigenvalue weighted by atomic mass is 35.5. The van der Waals surface area contributed by atoms with Crippen LogP contribution in [0.15, 0.2) is 18.2 Å². The number of hydrogen-bond donors (Lipinski definition) is 2. The molecule has 1 atom stereocenters. The van der Waals surface area contributed by atoms with E-state index >= 15 is 0 Å². The number of halogens is 2. The number of likely N-dealkylation sites (tertiary alicyclic amines) is 1. The number of anilines is 1. The first-order chi connectivity index (χ1) is 11.5. The predicted molar refractivity (Wildman–Crippen MR) is 99.8 cm³/mol. The first kappa shape index (κ1) is 18.0. The fourth-order valence-electron chi connectivity index (χ4n) is 3.71. The van der Waals surface area contributed by atoms with Crippen LogP contribution in [0.25, 0.3) is 0 Å². The van der Waals surface area contributed by atoms with Crippen molar-refractivity contribution in [2.75, 3.05) is 38.0 Å². The molecule has 3 rings (SSSR count). The average molecular weight is 370 g/mol. The zero-order chi connectivity index (χ0) is 17.2. The number of nitrogens with zero attached hydrogens (tertiary/aromatic N) is 1. The summed E-state index contributed by atoms with van der Waals surface area (Å²) in [5.74, 6) is 0.159. The van der Waals surface area contributed by atoms with Gasteiger partial charge in [-0.05, 0) is 62.5 Å². The number of nitrogens with one attached hydrogen (secondary N) is 2. The minimum Gasteiger partial charge on any atom is -0.326 e. The summed E-state index contributed by atoms with van der Waals surface area (Å²) in [5.41, 5.74) is 1.09. The van der Waals surface area contributed by atoms with Gasteiger partial charge in [-0.3, -0.25) is 4.79 Å². The molecule has 2 heterocycles. The van der Waals surface area contributed by atoms with Gasteiger partial charge in [0.1, 0.15) is 0 Å². The molecule has 0 bridgehead atoms. The molecule has 4 nitrogen and oxygen atoms in total. The fourth-order valence-corrected chi connectivity index (χ4v) is 4.01. The molecule has 2 N–H and O–H groups in total. The Morgan fingerprint density at radius 2 is 2.08 bits per heavy atom. The van der Waals surface area contributed by atoms with E-state index < -0.39 is 0 Å². The van der Waals surface area contributed by atoms with Gasteiger partial charge in [-0.25, -0.2) is 0 Å². The van der Waals surface area contributed by atoms with Crippen LogP contribution in [-0.4, -0.2) is 43.5 Å². The van der Waals surface area contributed by atoms with E-state index in [2.05, 4.69) is 22.5 Å². The van der Waals surface area contributed by atoms with Gasteiger partial charge < -0.3 is 15.5 Å². The standard InChI is InChI=1S/C18H25Cl2N3O/c1-18(6-7-21-11-18)12-23-8-4-13(5-9-23)17(24)22-14-2-3-15(19)16(20)10-14/h2-3,10,13,21H,4-9,11-12H2,1H3,(H,22,24). The lowest BCUT2D eigenvalue weighted by molar-refractivity contribution is -0.121. The van der Waals surface area contributed by atoms with Crippen molar-refractivity contribution >= 4 is 34.8 Å². The SMILES string of the molecule is CC1(CN2CCC(C(=O)Nc3ccc(Cl)c(Cl)c3)CC2)CCNC1. The largest absolute Gasteiger partial charge is 0.326 e. The molecule has 0 spiro atoms. The molecule has 1 aromatic rings. The number of benzene rings is 1. The number of hydrogen-bond acceptors (Lipinski definition) is 3. The Morgan fingerprint density at radius 1 is 1.33 bits per heavy atom. The van der Waals surface area contributed by atoms with Crippen molar-refractivity contribution in [3.8, 4) is 0 Å². The van der Waals surface area contributed by atoms with E-state index in [-0.39, 0.29) is 11.8 Å². The second kappa shape index (κ2) is 7.61. The molecule has 132 valence electrons. The van der Waals surface area contributed by atoms with Gasteiger partial charge in [0.15, 0.2) is 0 Å². The summed E-state index contributed by atoms with van der Waals surface area (Å²) in [6.07, 6.45) is 3.07. The van der Waals surface area contributed by atoms with Crippen LogP contribution in [0.1, 0.15) is 26.2 Å². The highest BCUT2D eigenvalue weighted by molar-refractivity contribution is 6.42. The molecule has 2 fully saturated rings. The third-order valence-corrected chi connectivity index (χ3v) is 5.95. The second-order valence-corrected chi connectivity index (χ2v) is 8.22. The molecule has 0 radical (unpaired) electrons. The maximum absolute atomic E-state index is 12.5. The molecule has 0 saturated carbocycles. The van der Waals surface area contributed by atoms with Gasteiger partial charge in [-0.15, -0.1) is 0 Å². The van der Waals surface area contributed by atoms with E-state index in [0.717, 1.165) is 45.6 Å². The van der Waals surface area contributed by atoms with Crippen molar-refractivity contribution in [3.05, 3.63) is 28.2 Å². The lowest BCUT2D eigenvalue weighted by Crippen LogP contribution is -2.43. The molecular formula is C18H25Cl2N3O. The van der Waals surface area contributed by atoms with Crippen LogP contribution in [0, 0.1) is 11.3 Å². The summed E-state index contributed by atoms with van der Waals surface area (Å²) in [7, 11) is 0. The minimum absolute atomic E-state index is 0.0743. The Bertz CT molecular complexity index is 594. The summed E-state index contributed by atoms with van der Waals surface area (Å²) in [6, 6.07) is 5.19. The van der Waals surface area contributed by atoms with E-state index in [1.165, 1.54) is 6.42 Å². The molecule has 0 aromatic heterocycles. The maximum Gasteiger partial charge on any atom is 0.227 e. The van der Waals surface area contributed by atoms with Crippen LogP contribution in [-0.2, 0) is 4.79 Å². The Balaban J connectivity index is 1.48. The quantitative estimate of drug-likeness (QED) is 0.851. The van der Waals surface area contributed by atoms with E-state index in [9.17, 15) is 4.79 Å². The van der Waals surface area contributed by atoms with E-state index in [4.69, 9.17) is 23.2 Å². The van der Waals surface area contributed by atoms with E-state index in [1.54, 1.807) is 18.2 Å². The first-order valence-electron chi connectivity index (χ1n) is 8.64. The smallest absolute Gasteiger partial charge is 0.227 e. The third kappa shape index (κ3) is 4.42. The summed E-state index contributed by atoms with van der Waals surface area (Å²) in [4.78, 5) is 15.0. The first-order valence-corrected chi connectivity index (χ1v) is 9.40. The molecule has 24 heavy (non-hydrogen) atoms. The Kier molecular flexibility index (Phi) is 5.70. The van der Waals surface area contributed by atoms with Crippen molar-refractivity contribution in [2.24, 2.45) is 11.3 Å². The number of piperidine rings is 1. The maximum atomic E-state index is 12.5. The van der Waals surface area contributed by atoms with E-state index in [1.807, 2.05) is 0 Å². The number of carbonyl (C=O) groups is 1. The van der Waals surface area contributed by atoms with Crippen LogP contribution >= 0.6 is 23.2 Å². The highest BCUT2D eigenvalue weighted by Gasteiger charge is 2.33. The molecule has 2 saturated heterocycles. The van der Waals surface area contributed by atoms with Crippen molar-refractivity contribution < 1.29 is 4.79 Å². The zero-order valence-corrected chi connectivity index (χ0v) is 15.6. The predicted octanol–water partition coefficient (Wildman–Crippen LogP) is 3.64. The van der Waals surface area contributed by atoms with Crippen LogP contribution in [0.3, 0.4) is 0 Å². The monoisotopic (exact) mass is 369 g/mol. The number of amides is 1. The molecule has 1 aromatic carbocycles. The van der Waals surface area contributed by atoms with Gasteiger partial charge >= 0.3 is 0 Å². The minimum atomic E-state index is 0.0743. The lowest BCUT2D eigenvalue weighted by Gasteiger charge is -2.36. The van der Waals surface area contributed by atoms with E-state index in [0.29, 0.717) is 21.1 Å². The molecule has 1 amide bonds. The molecular weight excluding hydrogens is 345 g/mol. The Morgan fingerprint density at radius 3 is 2.71 bits per heavy atom. The van der Waals surface area contributed by atoms with Crippen LogP contribution in [0.5, 0.6) is 0 Å². The average Bonchev–Trinajstić information content (AvgIpc) is 2.98. The lowest BCUT2D eigenvalue weighted by atomic mass is 9.87. The summed E-state index contributed by atoms with van der Waals surface area (Å²) in [6.45, 7) is 7.70. The fraction of sp³-hybridized carbons (Fsp3) is 0.611. The van der Waals surface area contributed by atoms with Crippen molar-refractivity contribution in [1.29, 1.82) is 0 Å². The van der Waals surface area contributed by atoms with Crippen molar-refractivity contribution in [1.82, 2.24) is 10.2 Å². The second-order valence-electron chi connectivity index (χ2n) is 7.41. The molecule has 1 unspecified atom stereocenters. The van der Waals surface area contributed by atoms with Gasteiger partial charge in [0, 0.05) is 24.7 Å². The van der Waals surface area contributed by atoms with Gasteiger partial charge in [-0.1, -0.05) is 30.1 Å². The Labute approximate surface area is 153 Å². The Hall–Kier alpha value is -0.810. The topological polar surface area (TPSA) is 44.4 Å². The highest BCUT2D eigenvalue weighted by Crippen LogP contribution is 2.29. The van der Waals surface area contributed by atoms with Crippen LogP contribution in [0.2, 0.25) is 10.0 Å². The normalized spacial score (nSPS) is 25.8. The van der Waals surface area contributed by atoms with Gasteiger partial charge in [0.05, 0.1) is 10.0 Å². The van der Waals surface area contributed by atoms with Crippen LogP contribution in [0.4, 0.5) is 5.69 Å². The summed E-state index contributed by atoms with van der Waals surface area (Å²) < 4.78 is 0. The number of rotatable bonds is 4. The van der Waals surface area contributed by atoms with Crippen molar-refractivity contribution in [3.63, 3.8) is 0 Å². The molecule has 2 aliphatic heterocycles.